The molecule has 0 atom stereocenters. The molecule has 9 heteroatoms. The zero-order chi connectivity index (χ0) is 18.8. The van der Waals surface area contributed by atoms with Crippen molar-refractivity contribution in [2.75, 3.05) is 0 Å². The Labute approximate surface area is 142 Å². The Morgan fingerprint density at radius 3 is 2.12 bits per heavy atom. The van der Waals surface area contributed by atoms with Crippen LogP contribution in [0.1, 0.15) is 5.69 Å². The number of oxazole rings is 1. The molecule has 0 bridgehead atoms. The molecule has 1 heterocycles. The molecule has 0 spiro atoms. The topological polar surface area (TPSA) is 52.3 Å². The van der Waals surface area contributed by atoms with E-state index in [1.807, 2.05) is 0 Å². The molecule has 0 amide bonds. The van der Waals surface area contributed by atoms with Crippen LogP contribution in [-0.2, 0) is 11.2 Å². The number of nitrogens with zero attached hydrogens (tertiary/aromatic N) is 1. The first kappa shape index (κ1) is 17.6. The number of rotatable bonds is 4. The Morgan fingerprint density at radius 1 is 0.923 bits per heavy atom. The summed E-state index contributed by atoms with van der Waals surface area (Å²) in [6, 6.07) is 8.63. The summed E-state index contributed by atoms with van der Waals surface area (Å²) < 4.78 is 75.6. The molecule has 0 saturated heterocycles. The molecule has 0 unspecified atom stereocenters. The van der Waals surface area contributed by atoms with Crippen molar-refractivity contribution >= 4 is 5.97 Å². The lowest BCUT2D eigenvalue weighted by molar-refractivity contribution is -0.134. The van der Waals surface area contributed by atoms with E-state index in [0.717, 1.165) is 6.26 Å². The van der Waals surface area contributed by atoms with E-state index in [-0.39, 0.29) is 11.6 Å². The van der Waals surface area contributed by atoms with Crippen LogP contribution in [0.2, 0.25) is 0 Å². The van der Waals surface area contributed by atoms with Crippen LogP contribution >= 0.6 is 0 Å². The normalized spacial score (nSPS) is 10.8. The lowest BCUT2D eigenvalue weighted by atomic mass is 10.2. The van der Waals surface area contributed by atoms with Gasteiger partial charge in [-0.3, -0.25) is 4.79 Å². The van der Waals surface area contributed by atoms with E-state index in [2.05, 4.69) is 9.72 Å². The van der Waals surface area contributed by atoms with Crippen LogP contribution in [0.3, 0.4) is 0 Å². The zero-order valence-corrected chi connectivity index (χ0v) is 12.7. The summed E-state index contributed by atoms with van der Waals surface area (Å²) in [5, 5.41) is 0. The first-order chi connectivity index (χ1) is 12.4. The van der Waals surface area contributed by atoms with Crippen LogP contribution in [0.25, 0.3) is 11.5 Å². The highest BCUT2D eigenvalue weighted by atomic mass is 19.2. The number of esters is 1. The molecular weight excluding hydrogens is 361 g/mol. The third kappa shape index (κ3) is 3.28. The summed E-state index contributed by atoms with van der Waals surface area (Å²) in [5.41, 5.74) is 0.671. The fraction of sp³-hybridized carbons (Fsp3) is 0.0588. The number of ether oxygens (including phenoxy) is 1. The maximum absolute atomic E-state index is 13.5. The predicted molar refractivity (Wildman–Crippen MR) is 77.5 cm³/mol. The van der Waals surface area contributed by atoms with Crippen molar-refractivity contribution in [3.8, 4) is 17.2 Å². The number of hydrogen-bond acceptors (Lipinski definition) is 4. The van der Waals surface area contributed by atoms with Crippen LogP contribution in [0, 0.1) is 29.1 Å². The third-order valence-electron chi connectivity index (χ3n) is 3.28. The minimum atomic E-state index is -2.34. The molecule has 3 rings (SSSR count). The first-order valence-corrected chi connectivity index (χ1v) is 7.10. The average molecular weight is 369 g/mol. The van der Waals surface area contributed by atoms with Crippen LogP contribution < -0.4 is 4.74 Å². The van der Waals surface area contributed by atoms with Gasteiger partial charge in [0.1, 0.15) is 6.26 Å². The third-order valence-corrected chi connectivity index (χ3v) is 3.28. The lowest BCUT2D eigenvalue weighted by Crippen LogP contribution is -2.15. The van der Waals surface area contributed by atoms with Crippen molar-refractivity contribution in [1.29, 1.82) is 0 Å². The summed E-state index contributed by atoms with van der Waals surface area (Å²) in [6.07, 6.45) is 0.512. The highest BCUT2D eigenvalue weighted by Crippen LogP contribution is 2.29. The van der Waals surface area contributed by atoms with Gasteiger partial charge < -0.3 is 9.15 Å². The summed E-state index contributed by atoms with van der Waals surface area (Å²) in [4.78, 5) is 15.8. The summed E-state index contributed by atoms with van der Waals surface area (Å²) in [7, 11) is 0. The van der Waals surface area contributed by atoms with E-state index < -0.39 is 47.2 Å². The van der Waals surface area contributed by atoms with Crippen molar-refractivity contribution in [2.24, 2.45) is 0 Å². The number of benzene rings is 2. The molecule has 134 valence electrons. The standard InChI is InChI=1S/C17H8F5NO3/c18-11-12(19)14(21)16(15(22)13(11)20)26-10(24)6-9-7-25-17(23-9)8-4-2-1-3-5-8/h1-5,7H,6H2. The summed E-state index contributed by atoms with van der Waals surface area (Å²) >= 11 is 0. The van der Waals surface area contributed by atoms with Gasteiger partial charge in [-0.05, 0) is 12.1 Å². The SMILES string of the molecule is O=C(Cc1coc(-c2ccccc2)n1)Oc1c(F)c(F)c(F)c(F)c1F. The monoisotopic (exact) mass is 369 g/mol. The molecule has 0 N–H and O–H groups in total. The van der Waals surface area contributed by atoms with Gasteiger partial charge in [0, 0.05) is 5.56 Å². The Hall–Kier alpha value is -3.23. The molecular formula is C17H8F5NO3. The number of carbonyl (C=O) groups is 1. The molecule has 3 aromatic rings. The molecule has 0 aliphatic heterocycles. The van der Waals surface area contributed by atoms with E-state index >= 15 is 0 Å². The largest absolute Gasteiger partial charge is 0.444 e. The van der Waals surface area contributed by atoms with Gasteiger partial charge in [-0.1, -0.05) is 18.2 Å². The van der Waals surface area contributed by atoms with Crippen LogP contribution in [0.15, 0.2) is 41.0 Å². The lowest BCUT2D eigenvalue weighted by Gasteiger charge is -2.08. The van der Waals surface area contributed by atoms with Gasteiger partial charge in [-0.2, -0.15) is 8.78 Å². The smallest absolute Gasteiger partial charge is 0.317 e. The second kappa shape index (κ2) is 6.95. The first-order valence-electron chi connectivity index (χ1n) is 7.10. The Morgan fingerprint density at radius 2 is 1.50 bits per heavy atom. The van der Waals surface area contributed by atoms with E-state index in [0.29, 0.717) is 5.56 Å². The molecule has 2 aromatic carbocycles. The van der Waals surface area contributed by atoms with Gasteiger partial charge in [-0.15, -0.1) is 0 Å². The van der Waals surface area contributed by atoms with E-state index in [4.69, 9.17) is 4.42 Å². The van der Waals surface area contributed by atoms with Gasteiger partial charge in [0.25, 0.3) is 0 Å². The zero-order valence-electron chi connectivity index (χ0n) is 12.7. The molecule has 0 aliphatic carbocycles. The van der Waals surface area contributed by atoms with Crippen LogP contribution in [-0.4, -0.2) is 11.0 Å². The van der Waals surface area contributed by atoms with Crippen molar-refractivity contribution in [3.63, 3.8) is 0 Å². The molecule has 0 aliphatic rings. The number of aromatic nitrogens is 1. The van der Waals surface area contributed by atoms with Crippen LogP contribution in [0.4, 0.5) is 22.0 Å². The van der Waals surface area contributed by atoms with E-state index in [1.165, 1.54) is 0 Å². The minimum Gasteiger partial charge on any atom is -0.444 e. The Kier molecular flexibility index (Phi) is 4.70. The Bertz CT molecular complexity index is 943. The number of carbonyl (C=O) groups excluding carboxylic acids is 1. The highest BCUT2D eigenvalue weighted by molar-refractivity contribution is 5.75. The second-order valence-corrected chi connectivity index (χ2v) is 5.06. The molecule has 0 fully saturated rings. The van der Waals surface area contributed by atoms with E-state index in [1.54, 1.807) is 30.3 Å². The fourth-order valence-corrected chi connectivity index (χ4v) is 2.07. The highest BCUT2D eigenvalue weighted by Gasteiger charge is 2.28. The van der Waals surface area contributed by atoms with Crippen LogP contribution in [0.5, 0.6) is 5.75 Å². The van der Waals surface area contributed by atoms with Gasteiger partial charge in [0.05, 0.1) is 12.1 Å². The fourth-order valence-electron chi connectivity index (χ4n) is 2.07. The van der Waals surface area contributed by atoms with Gasteiger partial charge in [-0.25, -0.2) is 18.2 Å². The van der Waals surface area contributed by atoms with Gasteiger partial charge >= 0.3 is 5.97 Å². The maximum Gasteiger partial charge on any atom is 0.317 e. The number of hydrogen-bond donors (Lipinski definition) is 0. The van der Waals surface area contributed by atoms with Crippen molar-refractivity contribution in [2.45, 2.75) is 6.42 Å². The molecule has 26 heavy (non-hydrogen) atoms. The number of halogens is 5. The second-order valence-electron chi connectivity index (χ2n) is 5.06. The average Bonchev–Trinajstić information content (AvgIpc) is 3.11. The molecule has 1 aromatic heterocycles. The summed E-state index contributed by atoms with van der Waals surface area (Å²) in [5.74, 6) is -14.0. The van der Waals surface area contributed by atoms with Crippen molar-refractivity contribution in [3.05, 3.63) is 71.4 Å². The molecule has 0 radical (unpaired) electrons. The summed E-state index contributed by atoms with van der Waals surface area (Å²) in [6.45, 7) is 0. The predicted octanol–water partition coefficient (Wildman–Crippen LogP) is 4.19. The maximum atomic E-state index is 13.5. The van der Waals surface area contributed by atoms with Gasteiger partial charge in [0.15, 0.2) is 0 Å². The van der Waals surface area contributed by atoms with Gasteiger partial charge in [0.2, 0.25) is 40.7 Å². The quantitative estimate of drug-likeness (QED) is 0.228. The molecule has 0 saturated carbocycles. The van der Waals surface area contributed by atoms with E-state index in [9.17, 15) is 26.7 Å². The molecule has 4 nitrogen and oxygen atoms in total. The van der Waals surface area contributed by atoms with Crippen molar-refractivity contribution in [1.82, 2.24) is 4.98 Å². The Balaban J connectivity index is 1.78. The minimum absolute atomic E-state index is 0.0534. The van der Waals surface area contributed by atoms with Crippen molar-refractivity contribution < 1.29 is 35.9 Å².